The van der Waals surface area contributed by atoms with Gasteiger partial charge >= 0.3 is 5.97 Å². The molecule has 21 heavy (non-hydrogen) atoms. The van der Waals surface area contributed by atoms with Crippen LogP contribution in [0.4, 0.5) is 0 Å². The molecule has 0 amide bonds. The highest BCUT2D eigenvalue weighted by molar-refractivity contribution is 6.29. The maximum absolute atomic E-state index is 11.6. The Balaban J connectivity index is 2.39. The van der Waals surface area contributed by atoms with Gasteiger partial charge in [0.25, 0.3) is 0 Å². The van der Waals surface area contributed by atoms with Gasteiger partial charge < -0.3 is 5.11 Å². The third kappa shape index (κ3) is 2.34. The lowest BCUT2D eigenvalue weighted by Crippen LogP contribution is -2.05. The van der Waals surface area contributed by atoms with Crippen molar-refractivity contribution in [1.82, 2.24) is 9.97 Å². The van der Waals surface area contributed by atoms with Crippen molar-refractivity contribution >= 4 is 28.5 Å². The third-order valence-electron chi connectivity index (χ3n) is 3.31. The molecule has 0 unspecified atom stereocenters. The summed E-state index contributed by atoms with van der Waals surface area (Å²) in [4.78, 5) is 20.4. The highest BCUT2D eigenvalue weighted by atomic mass is 35.5. The second kappa shape index (κ2) is 5.14. The fourth-order valence-corrected chi connectivity index (χ4v) is 2.54. The Kier molecular flexibility index (Phi) is 3.31. The monoisotopic (exact) mass is 298 g/mol. The molecule has 0 spiro atoms. The van der Waals surface area contributed by atoms with Crippen LogP contribution in [-0.4, -0.2) is 21.0 Å². The summed E-state index contributed by atoms with van der Waals surface area (Å²) >= 11 is 5.91. The van der Waals surface area contributed by atoms with Crippen molar-refractivity contribution in [2.75, 3.05) is 0 Å². The summed E-state index contributed by atoms with van der Waals surface area (Å²) in [7, 11) is 0. The number of aromatic nitrogens is 2. The molecule has 1 N–H and O–H groups in total. The molecule has 2 aromatic heterocycles. The van der Waals surface area contributed by atoms with Crippen molar-refractivity contribution in [3.8, 4) is 11.4 Å². The lowest BCUT2D eigenvalue weighted by molar-refractivity contribution is 0.0698. The molecule has 0 radical (unpaired) electrons. The molecule has 0 saturated heterocycles. The first-order chi connectivity index (χ1) is 10.1. The van der Waals surface area contributed by atoms with Crippen molar-refractivity contribution in [3.05, 3.63) is 58.7 Å². The smallest absolute Gasteiger partial charge is 0.336 e. The molecule has 2 heterocycles. The SMILES string of the molecule is Cc1c(-c2cccc(Cl)n2)nc2ccccc2c1C(=O)O. The van der Waals surface area contributed by atoms with Crippen LogP contribution in [-0.2, 0) is 0 Å². The maximum atomic E-state index is 11.6. The van der Waals surface area contributed by atoms with Crippen LogP contribution < -0.4 is 0 Å². The van der Waals surface area contributed by atoms with Crippen molar-refractivity contribution in [2.24, 2.45) is 0 Å². The van der Waals surface area contributed by atoms with Gasteiger partial charge in [0.1, 0.15) is 5.15 Å². The summed E-state index contributed by atoms with van der Waals surface area (Å²) in [5, 5.41) is 10.5. The highest BCUT2D eigenvalue weighted by Crippen LogP contribution is 2.29. The van der Waals surface area contributed by atoms with Crippen molar-refractivity contribution in [1.29, 1.82) is 0 Å². The number of para-hydroxylation sites is 1. The Labute approximate surface area is 126 Å². The highest BCUT2D eigenvalue weighted by Gasteiger charge is 2.18. The van der Waals surface area contributed by atoms with E-state index in [9.17, 15) is 9.90 Å². The molecule has 0 aliphatic carbocycles. The molecule has 1 aromatic carbocycles. The van der Waals surface area contributed by atoms with E-state index in [0.29, 0.717) is 33.0 Å². The van der Waals surface area contributed by atoms with Crippen LogP contribution in [0.25, 0.3) is 22.3 Å². The molecule has 0 aliphatic rings. The van der Waals surface area contributed by atoms with Crippen molar-refractivity contribution in [3.63, 3.8) is 0 Å². The molecule has 3 aromatic rings. The number of benzene rings is 1. The number of halogens is 1. The molecule has 0 aliphatic heterocycles. The van der Waals surface area contributed by atoms with Crippen molar-refractivity contribution in [2.45, 2.75) is 6.92 Å². The minimum Gasteiger partial charge on any atom is -0.478 e. The topological polar surface area (TPSA) is 63.1 Å². The minimum absolute atomic E-state index is 0.248. The summed E-state index contributed by atoms with van der Waals surface area (Å²) in [6.45, 7) is 1.74. The van der Waals surface area contributed by atoms with Gasteiger partial charge in [-0.25, -0.2) is 14.8 Å². The van der Waals surface area contributed by atoms with E-state index in [2.05, 4.69) is 9.97 Å². The van der Waals surface area contributed by atoms with Gasteiger partial charge in [-0.15, -0.1) is 0 Å². The normalized spacial score (nSPS) is 10.8. The van der Waals surface area contributed by atoms with Crippen LogP contribution in [0.5, 0.6) is 0 Å². The van der Waals surface area contributed by atoms with Crippen LogP contribution >= 0.6 is 11.6 Å². The quantitative estimate of drug-likeness (QED) is 0.727. The van der Waals surface area contributed by atoms with Gasteiger partial charge in [-0.05, 0) is 30.7 Å². The fourth-order valence-electron chi connectivity index (χ4n) is 2.37. The van der Waals surface area contributed by atoms with E-state index in [1.165, 1.54) is 0 Å². The lowest BCUT2D eigenvalue weighted by Gasteiger charge is -2.11. The van der Waals surface area contributed by atoms with Crippen LogP contribution in [0.15, 0.2) is 42.5 Å². The van der Waals surface area contributed by atoms with Gasteiger partial charge in [0, 0.05) is 5.39 Å². The summed E-state index contributed by atoms with van der Waals surface area (Å²) < 4.78 is 0. The van der Waals surface area contributed by atoms with Gasteiger partial charge in [-0.2, -0.15) is 0 Å². The number of rotatable bonds is 2. The van der Waals surface area contributed by atoms with Crippen LogP contribution in [0.3, 0.4) is 0 Å². The molecule has 3 rings (SSSR count). The number of fused-ring (bicyclic) bond motifs is 1. The summed E-state index contributed by atoms with van der Waals surface area (Å²) in [6, 6.07) is 12.4. The van der Waals surface area contributed by atoms with Gasteiger partial charge in [0.05, 0.1) is 22.5 Å². The molecular formula is C16H11ClN2O2. The van der Waals surface area contributed by atoms with E-state index >= 15 is 0 Å². The molecular weight excluding hydrogens is 288 g/mol. The summed E-state index contributed by atoms with van der Waals surface area (Å²) in [6.07, 6.45) is 0. The Bertz CT molecular complexity index is 862. The van der Waals surface area contributed by atoms with Gasteiger partial charge in [-0.1, -0.05) is 35.9 Å². The molecule has 104 valence electrons. The first-order valence-electron chi connectivity index (χ1n) is 6.33. The predicted molar refractivity (Wildman–Crippen MR) is 81.7 cm³/mol. The van der Waals surface area contributed by atoms with Crippen LogP contribution in [0.1, 0.15) is 15.9 Å². The van der Waals surface area contributed by atoms with Gasteiger partial charge in [-0.3, -0.25) is 0 Å². The first kappa shape index (κ1) is 13.5. The molecule has 0 atom stereocenters. The Morgan fingerprint density at radius 2 is 1.86 bits per heavy atom. The Morgan fingerprint density at radius 1 is 1.10 bits per heavy atom. The minimum atomic E-state index is -0.977. The molecule has 4 nitrogen and oxygen atoms in total. The summed E-state index contributed by atoms with van der Waals surface area (Å²) in [5.41, 5.74) is 2.55. The molecule has 5 heteroatoms. The number of hydrogen-bond acceptors (Lipinski definition) is 3. The summed E-state index contributed by atoms with van der Waals surface area (Å²) in [5.74, 6) is -0.977. The van der Waals surface area contributed by atoms with Gasteiger partial charge in [0.2, 0.25) is 0 Å². The number of carboxylic acids is 1. The van der Waals surface area contributed by atoms with Crippen LogP contribution in [0, 0.1) is 6.92 Å². The van der Waals surface area contributed by atoms with E-state index in [1.807, 2.05) is 6.07 Å². The zero-order valence-electron chi connectivity index (χ0n) is 11.2. The number of aromatic carboxylic acids is 1. The predicted octanol–water partition coefficient (Wildman–Crippen LogP) is 3.96. The van der Waals surface area contributed by atoms with Gasteiger partial charge in [0.15, 0.2) is 0 Å². The number of hydrogen-bond donors (Lipinski definition) is 1. The molecule has 0 bridgehead atoms. The fraction of sp³-hybridized carbons (Fsp3) is 0.0625. The molecule has 0 saturated carbocycles. The first-order valence-corrected chi connectivity index (χ1v) is 6.71. The van der Waals surface area contributed by atoms with E-state index in [1.54, 1.807) is 43.3 Å². The Morgan fingerprint density at radius 3 is 2.57 bits per heavy atom. The van der Waals surface area contributed by atoms with E-state index < -0.39 is 5.97 Å². The van der Waals surface area contributed by atoms with Crippen molar-refractivity contribution < 1.29 is 9.90 Å². The second-order valence-corrected chi connectivity index (χ2v) is 5.02. The number of carboxylic acid groups (broad SMARTS) is 1. The van der Waals surface area contributed by atoms with E-state index in [4.69, 9.17) is 11.6 Å². The zero-order chi connectivity index (χ0) is 15.0. The molecule has 0 fully saturated rings. The standard InChI is InChI=1S/C16H11ClN2O2/c1-9-14(16(20)21)10-5-2-3-6-11(10)19-15(9)12-7-4-8-13(17)18-12/h2-8H,1H3,(H,20,21). The number of nitrogens with zero attached hydrogens (tertiary/aromatic N) is 2. The number of pyridine rings is 2. The average molecular weight is 299 g/mol. The van der Waals surface area contributed by atoms with E-state index in [0.717, 1.165) is 0 Å². The second-order valence-electron chi connectivity index (χ2n) is 4.63. The van der Waals surface area contributed by atoms with Crippen LogP contribution in [0.2, 0.25) is 5.15 Å². The number of carbonyl (C=O) groups is 1. The Hall–Kier alpha value is -2.46. The third-order valence-corrected chi connectivity index (χ3v) is 3.52. The average Bonchev–Trinajstić information content (AvgIpc) is 2.46. The largest absolute Gasteiger partial charge is 0.478 e. The maximum Gasteiger partial charge on any atom is 0.336 e. The zero-order valence-corrected chi connectivity index (χ0v) is 11.9. The lowest BCUT2D eigenvalue weighted by atomic mass is 10.00. The van der Waals surface area contributed by atoms with E-state index in [-0.39, 0.29) is 5.56 Å².